The molecule has 1 aliphatic heterocycles. The van der Waals surface area contributed by atoms with Crippen molar-refractivity contribution in [1.82, 2.24) is 4.90 Å². The Morgan fingerprint density at radius 2 is 2.12 bits per heavy atom. The molecule has 1 unspecified atom stereocenters. The first-order valence-electron chi connectivity index (χ1n) is 5.73. The van der Waals surface area contributed by atoms with Crippen molar-refractivity contribution in [3.8, 4) is 0 Å². The first-order valence-corrected chi connectivity index (χ1v) is 5.73. The molecule has 92 valence electrons. The molecule has 1 aromatic rings. The summed E-state index contributed by atoms with van der Waals surface area (Å²) in [6, 6.07) is 10.3. The zero-order chi connectivity index (χ0) is 12.3. The van der Waals surface area contributed by atoms with E-state index < -0.39 is 12.1 Å². The van der Waals surface area contributed by atoms with Gasteiger partial charge in [0.25, 0.3) is 0 Å². The normalized spacial score (nSPS) is 18.6. The van der Waals surface area contributed by atoms with Crippen molar-refractivity contribution in [2.75, 3.05) is 26.7 Å². The fraction of sp³-hybridized carbons (Fsp3) is 0.462. The number of rotatable bonds is 5. The van der Waals surface area contributed by atoms with E-state index in [0.717, 1.165) is 13.1 Å². The van der Waals surface area contributed by atoms with Gasteiger partial charge < -0.3 is 9.84 Å². The van der Waals surface area contributed by atoms with E-state index >= 15 is 0 Å². The maximum absolute atomic E-state index is 10.8. The highest BCUT2D eigenvalue weighted by atomic mass is 16.5. The lowest BCUT2D eigenvalue weighted by molar-refractivity contribution is -0.150. The van der Waals surface area contributed by atoms with Crippen LogP contribution in [-0.4, -0.2) is 48.8 Å². The Hall–Kier alpha value is -1.39. The second-order valence-corrected chi connectivity index (χ2v) is 4.39. The molecule has 1 atom stereocenters. The lowest BCUT2D eigenvalue weighted by Gasteiger charge is -2.40. The number of ether oxygens (including phenoxy) is 1. The van der Waals surface area contributed by atoms with E-state index in [2.05, 4.69) is 17.0 Å². The van der Waals surface area contributed by atoms with Gasteiger partial charge in [-0.1, -0.05) is 30.3 Å². The van der Waals surface area contributed by atoms with E-state index in [4.69, 9.17) is 9.84 Å². The number of hydrogen-bond acceptors (Lipinski definition) is 3. The van der Waals surface area contributed by atoms with Gasteiger partial charge in [-0.25, -0.2) is 4.79 Å². The van der Waals surface area contributed by atoms with Crippen LogP contribution in [-0.2, 0) is 9.53 Å². The molecule has 1 fully saturated rings. The van der Waals surface area contributed by atoms with Crippen LogP contribution in [0.4, 0.5) is 0 Å². The van der Waals surface area contributed by atoms with Crippen molar-refractivity contribution in [1.29, 1.82) is 0 Å². The molecule has 0 aliphatic carbocycles. The Bertz CT molecular complexity index is 374. The molecule has 0 bridgehead atoms. The van der Waals surface area contributed by atoms with Gasteiger partial charge in [-0.15, -0.1) is 0 Å². The smallest absolute Gasteiger partial charge is 0.334 e. The molecule has 0 spiro atoms. The summed E-state index contributed by atoms with van der Waals surface area (Å²) in [5.74, 6) is -0.363. The van der Waals surface area contributed by atoms with Gasteiger partial charge >= 0.3 is 5.97 Å². The summed E-state index contributed by atoms with van der Waals surface area (Å²) in [4.78, 5) is 12.9. The molecule has 0 radical (unpaired) electrons. The van der Waals surface area contributed by atoms with Gasteiger partial charge in [0.05, 0.1) is 0 Å². The fourth-order valence-corrected chi connectivity index (χ4v) is 2.14. The van der Waals surface area contributed by atoms with Crippen LogP contribution in [0.2, 0.25) is 0 Å². The Morgan fingerprint density at radius 1 is 1.47 bits per heavy atom. The lowest BCUT2D eigenvalue weighted by atomic mass is 9.91. The van der Waals surface area contributed by atoms with Crippen molar-refractivity contribution in [3.05, 3.63) is 35.9 Å². The van der Waals surface area contributed by atoms with Crippen LogP contribution in [0.15, 0.2) is 30.3 Å². The van der Waals surface area contributed by atoms with E-state index in [0.29, 0.717) is 12.5 Å². The van der Waals surface area contributed by atoms with Gasteiger partial charge in [-0.05, 0) is 5.56 Å². The molecule has 0 saturated carbocycles. The summed E-state index contributed by atoms with van der Waals surface area (Å²) in [6.07, 6.45) is -0.716. The molecule has 1 aliphatic rings. The number of nitrogens with zero attached hydrogens (tertiary/aromatic N) is 1. The molecule has 0 amide bonds. The molecule has 1 heterocycles. The first kappa shape index (κ1) is 12.1. The third-order valence-corrected chi connectivity index (χ3v) is 3.21. The predicted molar refractivity (Wildman–Crippen MR) is 64.1 cm³/mol. The standard InChI is InChI=1S/C13H17NO3/c1-17-12(13(15)16)9-14-7-11(8-14)10-5-3-2-4-6-10/h2-6,11-12H,7-9H2,1H3,(H,15,16). The van der Waals surface area contributed by atoms with E-state index in [1.807, 2.05) is 18.2 Å². The van der Waals surface area contributed by atoms with E-state index in [1.54, 1.807) is 0 Å². The monoisotopic (exact) mass is 235 g/mol. The minimum absolute atomic E-state index is 0.467. The zero-order valence-corrected chi connectivity index (χ0v) is 9.87. The molecule has 4 heteroatoms. The highest BCUT2D eigenvalue weighted by molar-refractivity contribution is 5.72. The summed E-state index contributed by atoms with van der Waals surface area (Å²) >= 11 is 0. The quantitative estimate of drug-likeness (QED) is 0.832. The van der Waals surface area contributed by atoms with Crippen LogP contribution in [0.1, 0.15) is 11.5 Å². The van der Waals surface area contributed by atoms with Crippen molar-refractivity contribution >= 4 is 5.97 Å². The molecule has 1 aromatic carbocycles. The average Bonchev–Trinajstić information content (AvgIpc) is 2.28. The second-order valence-electron chi connectivity index (χ2n) is 4.39. The van der Waals surface area contributed by atoms with Crippen LogP contribution >= 0.6 is 0 Å². The van der Waals surface area contributed by atoms with Gasteiger partial charge in [-0.3, -0.25) is 4.90 Å². The first-order chi connectivity index (χ1) is 8.20. The van der Waals surface area contributed by atoms with E-state index in [-0.39, 0.29) is 0 Å². The van der Waals surface area contributed by atoms with Crippen molar-refractivity contribution in [3.63, 3.8) is 0 Å². The summed E-state index contributed by atoms with van der Waals surface area (Å²) in [5.41, 5.74) is 1.33. The number of likely N-dealkylation sites (tertiary alicyclic amines) is 1. The van der Waals surface area contributed by atoms with Gasteiger partial charge in [0.1, 0.15) is 0 Å². The summed E-state index contributed by atoms with van der Waals surface area (Å²) in [5, 5.41) is 8.87. The molecular formula is C13H17NO3. The maximum atomic E-state index is 10.8. The highest BCUT2D eigenvalue weighted by Crippen LogP contribution is 2.26. The molecule has 1 N–H and O–H groups in total. The molecule has 4 nitrogen and oxygen atoms in total. The zero-order valence-electron chi connectivity index (χ0n) is 9.87. The minimum atomic E-state index is -0.893. The number of benzene rings is 1. The molecule has 2 rings (SSSR count). The SMILES string of the molecule is COC(CN1CC(c2ccccc2)C1)C(=O)O. The highest BCUT2D eigenvalue weighted by Gasteiger charge is 2.31. The van der Waals surface area contributed by atoms with Crippen molar-refractivity contribution in [2.24, 2.45) is 0 Å². The van der Waals surface area contributed by atoms with Crippen molar-refractivity contribution in [2.45, 2.75) is 12.0 Å². The predicted octanol–water partition coefficient (Wildman–Crippen LogP) is 1.19. The number of aliphatic carboxylic acids is 1. The lowest BCUT2D eigenvalue weighted by Crippen LogP contribution is -2.50. The molecule has 1 saturated heterocycles. The Kier molecular flexibility index (Phi) is 3.76. The van der Waals surface area contributed by atoms with Crippen LogP contribution < -0.4 is 0 Å². The number of carboxylic acids is 1. The second kappa shape index (κ2) is 5.29. The Labute approximate surface area is 101 Å². The maximum Gasteiger partial charge on any atom is 0.334 e. The number of methoxy groups -OCH3 is 1. The van der Waals surface area contributed by atoms with Gasteiger partial charge in [0.2, 0.25) is 0 Å². The summed E-state index contributed by atoms with van der Waals surface area (Å²) in [7, 11) is 1.44. The van der Waals surface area contributed by atoms with Crippen LogP contribution in [0.5, 0.6) is 0 Å². The summed E-state index contributed by atoms with van der Waals surface area (Å²) in [6.45, 7) is 2.30. The van der Waals surface area contributed by atoms with Crippen LogP contribution in [0, 0.1) is 0 Å². The third kappa shape index (κ3) is 2.84. The number of hydrogen-bond donors (Lipinski definition) is 1. The molecule has 0 aromatic heterocycles. The summed E-state index contributed by atoms with van der Waals surface area (Å²) < 4.78 is 4.92. The van der Waals surface area contributed by atoms with Gasteiger partial charge in [-0.2, -0.15) is 0 Å². The van der Waals surface area contributed by atoms with E-state index in [9.17, 15) is 4.79 Å². The largest absolute Gasteiger partial charge is 0.479 e. The number of carboxylic acid groups (broad SMARTS) is 1. The molecular weight excluding hydrogens is 218 g/mol. The molecule has 17 heavy (non-hydrogen) atoms. The number of carbonyl (C=O) groups is 1. The van der Waals surface area contributed by atoms with Gasteiger partial charge in [0, 0.05) is 32.7 Å². The van der Waals surface area contributed by atoms with Crippen molar-refractivity contribution < 1.29 is 14.6 Å². The third-order valence-electron chi connectivity index (χ3n) is 3.21. The topological polar surface area (TPSA) is 49.8 Å². The average molecular weight is 235 g/mol. The van der Waals surface area contributed by atoms with E-state index in [1.165, 1.54) is 12.7 Å². The Balaban J connectivity index is 1.81. The van der Waals surface area contributed by atoms with Gasteiger partial charge in [0.15, 0.2) is 6.10 Å². The minimum Gasteiger partial charge on any atom is -0.479 e. The Morgan fingerprint density at radius 3 is 2.65 bits per heavy atom. The van der Waals surface area contributed by atoms with Crippen LogP contribution in [0.25, 0.3) is 0 Å². The van der Waals surface area contributed by atoms with Crippen LogP contribution in [0.3, 0.4) is 0 Å². The fourth-order valence-electron chi connectivity index (χ4n) is 2.14.